The Hall–Kier alpha value is -2.42. The SMILES string of the molecule is Cn1c(=O)c(=O)n(C)c2cc(S(=O)(=O)N3CCC[C@H]3c3ccc(Cl)cc3)ccc21. The van der Waals surface area contributed by atoms with E-state index in [2.05, 4.69) is 0 Å². The predicted octanol–water partition coefficient (Wildman–Crippen LogP) is 2.42. The zero-order chi connectivity index (χ0) is 20.9. The summed E-state index contributed by atoms with van der Waals surface area (Å²) in [6.45, 7) is 0.417. The van der Waals surface area contributed by atoms with Gasteiger partial charge >= 0.3 is 11.1 Å². The average Bonchev–Trinajstić information content (AvgIpc) is 3.21. The van der Waals surface area contributed by atoms with Crippen LogP contribution < -0.4 is 11.1 Å². The molecule has 0 aliphatic carbocycles. The van der Waals surface area contributed by atoms with Gasteiger partial charge in [0, 0.05) is 25.7 Å². The summed E-state index contributed by atoms with van der Waals surface area (Å²) in [6.07, 6.45) is 1.48. The molecule has 1 saturated heterocycles. The number of nitrogens with zero attached hydrogens (tertiary/aromatic N) is 3. The quantitative estimate of drug-likeness (QED) is 0.594. The number of rotatable bonds is 3. The number of fused-ring (bicyclic) bond motifs is 1. The van der Waals surface area contributed by atoms with Crippen LogP contribution in [0, 0.1) is 0 Å². The Bertz CT molecular complexity index is 1330. The highest BCUT2D eigenvalue weighted by Gasteiger charge is 2.36. The fourth-order valence-corrected chi connectivity index (χ4v) is 5.73. The molecule has 3 aromatic rings. The minimum absolute atomic E-state index is 0.0968. The van der Waals surface area contributed by atoms with Crippen LogP contribution >= 0.6 is 11.6 Å². The van der Waals surface area contributed by atoms with Gasteiger partial charge in [0.2, 0.25) is 10.0 Å². The van der Waals surface area contributed by atoms with E-state index in [0.29, 0.717) is 22.6 Å². The van der Waals surface area contributed by atoms with Crippen LogP contribution in [0.25, 0.3) is 11.0 Å². The lowest BCUT2D eigenvalue weighted by Crippen LogP contribution is -2.39. The van der Waals surface area contributed by atoms with Crippen molar-refractivity contribution in [3.8, 4) is 0 Å². The molecule has 9 heteroatoms. The second kappa shape index (κ2) is 7.12. The van der Waals surface area contributed by atoms with Gasteiger partial charge < -0.3 is 9.13 Å². The van der Waals surface area contributed by atoms with Gasteiger partial charge in [-0.2, -0.15) is 4.31 Å². The maximum absolute atomic E-state index is 13.4. The molecule has 1 atom stereocenters. The largest absolute Gasteiger partial charge is 0.316 e. The van der Waals surface area contributed by atoms with E-state index < -0.39 is 21.1 Å². The van der Waals surface area contributed by atoms with Crippen molar-refractivity contribution in [2.45, 2.75) is 23.8 Å². The number of aromatic nitrogens is 2. The van der Waals surface area contributed by atoms with Gasteiger partial charge in [-0.25, -0.2) is 8.42 Å². The minimum Gasteiger partial charge on any atom is -0.305 e. The van der Waals surface area contributed by atoms with E-state index in [9.17, 15) is 18.0 Å². The Balaban J connectivity index is 1.83. The summed E-state index contributed by atoms with van der Waals surface area (Å²) in [4.78, 5) is 24.3. The van der Waals surface area contributed by atoms with Crippen molar-refractivity contribution in [3.63, 3.8) is 0 Å². The lowest BCUT2D eigenvalue weighted by atomic mass is 10.1. The van der Waals surface area contributed by atoms with Gasteiger partial charge in [-0.1, -0.05) is 23.7 Å². The molecule has 0 saturated carbocycles. The van der Waals surface area contributed by atoms with E-state index >= 15 is 0 Å². The molecule has 4 rings (SSSR count). The van der Waals surface area contributed by atoms with Crippen molar-refractivity contribution >= 4 is 32.7 Å². The van der Waals surface area contributed by atoms with Crippen molar-refractivity contribution in [1.29, 1.82) is 0 Å². The fourth-order valence-electron chi connectivity index (χ4n) is 3.90. The third-order valence-corrected chi connectivity index (χ3v) is 7.68. The monoisotopic (exact) mass is 433 g/mol. The first-order valence-electron chi connectivity index (χ1n) is 9.19. The smallest absolute Gasteiger partial charge is 0.305 e. The molecule has 7 nitrogen and oxygen atoms in total. The highest BCUT2D eigenvalue weighted by atomic mass is 35.5. The molecule has 0 spiro atoms. The summed E-state index contributed by atoms with van der Waals surface area (Å²) >= 11 is 5.96. The Morgan fingerprint density at radius 3 is 2.21 bits per heavy atom. The Labute approximate surface area is 172 Å². The van der Waals surface area contributed by atoms with Gasteiger partial charge in [0.1, 0.15) is 0 Å². The highest BCUT2D eigenvalue weighted by molar-refractivity contribution is 7.89. The van der Waals surface area contributed by atoms with E-state index in [1.165, 1.54) is 39.7 Å². The van der Waals surface area contributed by atoms with Gasteiger partial charge in [0.15, 0.2) is 0 Å². The first-order chi connectivity index (χ1) is 13.7. The van der Waals surface area contributed by atoms with Crippen molar-refractivity contribution in [1.82, 2.24) is 13.4 Å². The second-order valence-electron chi connectivity index (χ2n) is 7.20. The van der Waals surface area contributed by atoms with Crippen LogP contribution in [0.5, 0.6) is 0 Å². The summed E-state index contributed by atoms with van der Waals surface area (Å²) in [5, 5.41) is 0.599. The zero-order valence-corrected chi connectivity index (χ0v) is 17.6. The van der Waals surface area contributed by atoms with Crippen LogP contribution in [0.3, 0.4) is 0 Å². The van der Waals surface area contributed by atoms with Crippen LogP contribution in [-0.2, 0) is 24.1 Å². The summed E-state index contributed by atoms with van der Waals surface area (Å²) in [6, 6.07) is 11.5. The van der Waals surface area contributed by atoms with Gasteiger partial charge in [0.05, 0.1) is 22.0 Å². The number of halogens is 1. The third kappa shape index (κ3) is 3.21. The molecular weight excluding hydrogens is 414 g/mol. The molecule has 1 aliphatic heterocycles. The van der Waals surface area contributed by atoms with Crippen LogP contribution in [-0.4, -0.2) is 28.4 Å². The van der Waals surface area contributed by atoms with Crippen molar-refractivity contribution < 1.29 is 8.42 Å². The summed E-state index contributed by atoms with van der Waals surface area (Å²) < 4.78 is 30.8. The predicted molar refractivity (Wildman–Crippen MR) is 112 cm³/mol. The van der Waals surface area contributed by atoms with Crippen LogP contribution in [0.15, 0.2) is 56.9 Å². The lowest BCUT2D eigenvalue weighted by molar-refractivity contribution is 0.397. The number of sulfonamides is 1. The minimum atomic E-state index is -3.79. The molecule has 2 heterocycles. The fraction of sp³-hybridized carbons (Fsp3) is 0.300. The molecule has 0 unspecified atom stereocenters. The summed E-state index contributed by atoms with van der Waals surface area (Å²) in [5.74, 6) is 0. The van der Waals surface area contributed by atoms with Crippen LogP contribution in [0.4, 0.5) is 0 Å². The Morgan fingerprint density at radius 2 is 1.55 bits per heavy atom. The molecule has 0 bridgehead atoms. The number of hydrogen-bond donors (Lipinski definition) is 0. The van der Waals surface area contributed by atoms with Crippen LogP contribution in [0.1, 0.15) is 24.4 Å². The van der Waals surface area contributed by atoms with Gasteiger partial charge in [-0.05, 0) is 48.7 Å². The first-order valence-corrected chi connectivity index (χ1v) is 11.0. The second-order valence-corrected chi connectivity index (χ2v) is 9.53. The normalized spacial score (nSPS) is 17.8. The van der Waals surface area contributed by atoms with E-state index in [1.807, 2.05) is 12.1 Å². The van der Waals surface area contributed by atoms with Crippen LogP contribution in [0.2, 0.25) is 5.02 Å². The van der Waals surface area contributed by atoms with E-state index in [0.717, 1.165) is 18.4 Å². The van der Waals surface area contributed by atoms with E-state index in [-0.39, 0.29) is 10.9 Å². The Morgan fingerprint density at radius 1 is 0.931 bits per heavy atom. The maximum atomic E-state index is 13.4. The molecule has 0 radical (unpaired) electrons. The van der Waals surface area contributed by atoms with Gasteiger partial charge in [0.25, 0.3) is 0 Å². The average molecular weight is 434 g/mol. The highest BCUT2D eigenvalue weighted by Crippen LogP contribution is 2.37. The maximum Gasteiger partial charge on any atom is 0.316 e. The third-order valence-electron chi connectivity index (χ3n) is 5.53. The molecule has 152 valence electrons. The van der Waals surface area contributed by atoms with E-state index in [1.54, 1.807) is 18.2 Å². The first kappa shape index (κ1) is 19.9. The van der Waals surface area contributed by atoms with Crippen molar-refractivity contribution in [3.05, 3.63) is 73.8 Å². The summed E-state index contributed by atoms with van der Waals surface area (Å²) in [7, 11) is -0.828. The number of benzene rings is 2. The molecule has 2 aromatic carbocycles. The molecular formula is C20H20ClN3O4S. The summed E-state index contributed by atoms with van der Waals surface area (Å²) in [5.41, 5.74) is 0.422. The molecule has 0 N–H and O–H groups in total. The van der Waals surface area contributed by atoms with Gasteiger partial charge in [-0.3, -0.25) is 9.59 Å². The number of hydrogen-bond acceptors (Lipinski definition) is 4. The number of aryl methyl sites for hydroxylation is 2. The lowest BCUT2D eigenvalue weighted by Gasteiger charge is -2.25. The molecule has 29 heavy (non-hydrogen) atoms. The molecule has 1 aromatic heterocycles. The topological polar surface area (TPSA) is 81.4 Å². The standard InChI is InChI=1S/C20H20ClN3O4S/c1-22-17-10-9-15(12-18(17)23(2)20(26)19(22)25)29(27,28)24-11-3-4-16(24)13-5-7-14(21)8-6-13/h5-10,12,16H,3-4,11H2,1-2H3/t16-/m0/s1. The Kier molecular flexibility index (Phi) is 4.88. The van der Waals surface area contributed by atoms with Gasteiger partial charge in [-0.15, -0.1) is 0 Å². The molecule has 0 amide bonds. The van der Waals surface area contributed by atoms with Crippen molar-refractivity contribution in [2.24, 2.45) is 14.1 Å². The van der Waals surface area contributed by atoms with Crippen molar-refractivity contribution in [2.75, 3.05) is 6.54 Å². The zero-order valence-electron chi connectivity index (χ0n) is 16.0. The van der Waals surface area contributed by atoms with E-state index in [4.69, 9.17) is 11.6 Å². The molecule has 1 aliphatic rings. The molecule has 1 fully saturated rings.